The Morgan fingerprint density at radius 2 is 1.70 bits per heavy atom. The number of rotatable bonds is 17. The molecule has 2 aromatic rings. The summed E-state index contributed by atoms with van der Waals surface area (Å²) in [6, 6.07) is 6.89. The van der Waals surface area contributed by atoms with E-state index in [4.69, 9.17) is 0 Å². The minimum Gasteiger partial charge on any atom is -0.391 e. The lowest BCUT2D eigenvalue weighted by atomic mass is 9.81. The molecule has 6 atom stereocenters. The highest BCUT2D eigenvalue weighted by Gasteiger charge is 2.33. The van der Waals surface area contributed by atoms with Crippen LogP contribution in [0, 0.1) is 17.8 Å². The highest BCUT2D eigenvalue weighted by atomic mass is 16.3. The van der Waals surface area contributed by atoms with Gasteiger partial charge in [-0.05, 0) is 55.5 Å². The largest absolute Gasteiger partial charge is 0.391 e. The van der Waals surface area contributed by atoms with Gasteiger partial charge in [-0.3, -0.25) is 14.4 Å². The number of aromatic nitrogens is 2. The summed E-state index contributed by atoms with van der Waals surface area (Å²) in [5, 5.41) is 23.7. The molecule has 2 heterocycles. The fourth-order valence-corrected chi connectivity index (χ4v) is 6.80. The van der Waals surface area contributed by atoms with Crippen molar-refractivity contribution in [2.24, 2.45) is 17.8 Å². The number of aliphatic hydroxyl groups is 1. The molecule has 0 radical (unpaired) electrons. The number of hydrogen-bond acceptors (Lipinski definition) is 6. The van der Waals surface area contributed by atoms with E-state index in [1.807, 2.05) is 36.4 Å². The third-order valence-corrected chi connectivity index (χ3v) is 9.68. The van der Waals surface area contributed by atoms with Crippen molar-refractivity contribution >= 4 is 17.7 Å². The normalized spacial score (nSPS) is 20.3. The van der Waals surface area contributed by atoms with Crippen LogP contribution in [0.15, 0.2) is 55.5 Å². The predicted octanol–water partition coefficient (Wildman–Crippen LogP) is 3.58. The van der Waals surface area contributed by atoms with Gasteiger partial charge in [0.1, 0.15) is 12.1 Å². The molecule has 10 nitrogen and oxygen atoms in total. The van der Waals surface area contributed by atoms with E-state index in [0.29, 0.717) is 36.8 Å². The number of imidazole rings is 1. The van der Waals surface area contributed by atoms with Crippen molar-refractivity contribution in [2.45, 2.75) is 115 Å². The Morgan fingerprint density at radius 1 is 0.978 bits per heavy atom. The zero-order chi connectivity index (χ0) is 32.9. The molecule has 1 aliphatic heterocycles. The molecule has 3 amide bonds. The zero-order valence-corrected chi connectivity index (χ0v) is 27.5. The quantitative estimate of drug-likeness (QED) is 0.147. The van der Waals surface area contributed by atoms with Crippen molar-refractivity contribution in [3.05, 3.63) is 66.8 Å². The number of nitrogens with zero attached hydrogens (tertiary/aromatic N) is 1. The fraction of sp³-hybridized carbons (Fsp3) is 0.611. The number of benzene rings is 1. The number of carbonyl (C=O) groups is 3. The van der Waals surface area contributed by atoms with E-state index >= 15 is 0 Å². The van der Waals surface area contributed by atoms with Crippen LogP contribution in [0.4, 0.5) is 0 Å². The molecule has 4 rings (SSSR count). The first kappa shape index (κ1) is 35.4. The molecule has 252 valence electrons. The fourth-order valence-electron chi connectivity index (χ4n) is 6.80. The molecular formula is C36H54N6O4. The molecule has 2 fully saturated rings. The Kier molecular flexibility index (Phi) is 13.8. The minimum atomic E-state index is -0.950. The summed E-state index contributed by atoms with van der Waals surface area (Å²) < 4.78 is 0. The maximum atomic E-state index is 14.1. The number of aliphatic hydroxyl groups excluding tert-OH is 1. The van der Waals surface area contributed by atoms with Crippen LogP contribution < -0.4 is 21.3 Å². The number of nitrogens with one attached hydrogen (secondary N) is 5. The molecule has 1 aromatic heterocycles. The average Bonchev–Trinajstić information content (AvgIpc) is 3.79. The monoisotopic (exact) mass is 634 g/mol. The van der Waals surface area contributed by atoms with E-state index in [1.54, 1.807) is 6.20 Å². The van der Waals surface area contributed by atoms with Crippen molar-refractivity contribution in [3.8, 4) is 0 Å². The van der Waals surface area contributed by atoms with Crippen molar-refractivity contribution in [1.29, 1.82) is 0 Å². The predicted molar refractivity (Wildman–Crippen MR) is 180 cm³/mol. The molecule has 6 N–H and O–H groups in total. The van der Waals surface area contributed by atoms with Crippen LogP contribution in [-0.2, 0) is 27.2 Å². The first-order valence-corrected chi connectivity index (χ1v) is 17.2. The van der Waals surface area contributed by atoms with E-state index in [9.17, 15) is 19.5 Å². The molecule has 0 bridgehead atoms. The lowest BCUT2D eigenvalue weighted by Crippen LogP contribution is -2.58. The van der Waals surface area contributed by atoms with Gasteiger partial charge < -0.3 is 31.4 Å². The van der Waals surface area contributed by atoms with Gasteiger partial charge >= 0.3 is 0 Å². The lowest BCUT2D eigenvalue weighted by molar-refractivity contribution is -0.133. The molecule has 10 heteroatoms. The molecule has 1 saturated heterocycles. The number of H-pyrrole nitrogens is 1. The van der Waals surface area contributed by atoms with Crippen molar-refractivity contribution in [2.75, 3.05) is 6.54 Å². The summed E-state index contributed by atoms with van der Waals surface area (Å²) >= 11 is 0. The Balaban J connectivity index is 1.53. The number of allylic oxidation sites excluding steroid dienone is 1. The summed E-state index contributed by atoms with van der Waals surface area (Å²) in [7, 11) is 0. The smallest absolute Gasteiger partial charge is 0.243 e. The molecule has 46 heavy (non-hydrogen) atoms. The van der Waals surface area contributed by atoms with E-state index in [-0.39, 0.29) is 36.6 Å². The standard InChI is InChI=1S/C36H54N6O4/c1-4-27(24(2)3)20-33(43)30(18-25-12-7-5-8-13-25)40-36(46)32(21-28-22-37-23-39-28)42-35(45)31(19-26-14-9-6-10-15-26)41-34(44)29-16-11-17-38-29/h4,6,9-10,14-15,22-25,27,29-33,38,43H,1,5,7-8,11-13,16-21H2,2-3H3,(H,37,39)(H,40,46)(H,41,44)(H,42,45)/t27-,29+,30-,31-,32-,33-/m0/s1. The van der Waals surface area contributed by atoms with Gasteiger partial charge in [-0.15, -0.1) is 6.58 Å². The zero-order valence-electron chi connectivity index (χ0n) is 27.5. The molecule has 1 saturated carbocycles. The molecule has 0 spiro atoms. The van der Waals surface area contributed by atoms with Crippen molar-refractivity contribution in [1.82, 2.24) is 31.2 Å². The van der Waals surface area contributed by atoms with Crippen molar-refractivity contribution < 1.29 is 19.5 Å². The van der Waals surface area contributed by atoms with Crippen LogP contribution in [-0.4, -0.2) is 69.6 Å². The SMILES string of the molecule is C=C[C@@H](C[C@H](O)[C@H](CC1CCCCC1)NC(=O)[C@H](Cc1cnc[nH]1)NC(=O)[C@H](Cc1ccccc1)NC(=O)[C@H]1CCCN1)C(C)C. The highest BCUT2D eigenvalue weighted by Crippen LogP contribution is 2.30. The second-order valence-corrected chi connectivity index (χ2v) is 13.5. The van der Waals surface area contributed by atoms with Gasteiger partial charge in [0, 0.05) is 24.7 Å². The van der Waals surface area contributed by atoms with Crippen LogP contribution >= 0.6 is 0 Å². The van der Waals surface area contributed by atoms with Gasteiger partial charge in [0.2, 0.25) is 17.7 Å². The maximum Gasteiger partial charge on any atom is 0.243 e. The van der Waals surface area contributed by atoms with Gasteiger partial charge in [-0.25, -0.2) is 4.98 Å². The van der Waals surface area contributed by atoms with Crippen LogP contribution in [0.5, 0.6) is 0 Å². The second kappa shape index (κ2) is 18.0. The van der Waals surface area contributed by atoms with Crippen LogP contribution in [0.25, 0.3) is 0 Å². The van der Waals surface area contributed by atoms with Gasteiger partial charge in [0.25, 0.3) is 0 Å². The van der Waals surface area contributed by atoms with E-state index in [1.165, 1.54) is 12.7 Å². The number of aromatic amines is 1. The van der Waals surface area contributed by atoms with Crippen LogP contribution in [0.3, 0.4) is 0 Å². The van der Waals surface area contributed by atoms with Gasteiger partial charge in [0.05, 0.1) is 24.5 Å². The first-order valence-electron chi connectivity index (χ1n) is 17.2. The second-order valence-electron chi connectivity index (χ2n) is 13.5. The molecule has 1 aromatic carbocycles. The van der Waals surface area contributed by atoms with Crippen LogP contribution in [0.1, 0.15) is 82.9 Å². The van der Waals surface area contributed by atoms with Crippen molar-refractivity contribution in [3.63, 3.8) is 0 Å². The summed E-state index contributed by atoms with van der Waals surface area (Å²) in [5.74, 6) is -0.193. The Hall–Kier alpha value is -3.50. The highest BCUT2D eigenvalue weighted by molar-refractivity contribution is 5.93. The Labute approximate surface area is 274 Å². The van der Waals surface area contributed by atoms with E-state index in [2.05, 4.69) is 51.7 Å². The first-order chi connectivity index (χ1) is 22.2. The van der Waals surface area contributed by atoms with Gasteiger partial charge in [-0.1, -0.05) is 82.4 Å². The topological polar surface area (TPSA) is 148 Å². The number of carbonyl (C=O) groups excluding carboxylic acids is 3. The number of hydrogen-bond donors (Lipinski definition) is 6. The molecule has 2 aliphatic rings. The summed E-state index contributed by atoms with van der Waals surface area (Å²) in [5.41, 5.74) is 1.59. The minimum absolute atomic E-state index is 0.109. The maximum absolute atomic E-state index is 14.1. The summed E-state index contributed by atoms with van der Waals surface area (Å²) in [6.07, 6.45) is 13.3. The Bertz CT molecular complexity index is 1220. The molecule has 0 unspecified atom stereocenters. The van der Waals surface area contributed by atoms with Gasteiger partial charge in [-0.2, -0.15) is 0 Å². The number of amides is 3. The van der Waals surface area contributed by atoms with Gasteiger partial charge in [0.15, 0.2) is 0 Å². The average molecular weight is 635 g/mol. The molecular weight excluding hydrogens is 580 g/mol. The lowest BCUT2D eigenvalue weighted by Gasteiger charge is -2.33. The van der Waals surface area contributed by atoms with E-state index in [0.717, 1.165) is 44.2 Å². The molecule has 1 aliphatic carbocycles. The van der Waals surface area contributed by atoms with E-state index < -0.39 is 30.1 Å². The van der Waals surface area contributed by atoms with Crippen LogP contribution in [0.2, 0.25) is 0 Å². The third kappa shape index (κ3) is 10.8. The summed E-state index contributed by atoms with van der Waals surface area (Å²) in [6.45, 7) is 8.96. The Morgan fingerprint density at radius 3 is 2.33 bits per heavy atom. The third-order valence-electron chi connectivity index (χ3n) is 9.68. The summed E-state index contributed by atoms with van der Waals surface area (Å²) in [4.78, 5) is 48.3.